The van der Waals surface area contributed by atoms with Gasteiger partial charge in [-0.3, -0.25) is 4.90 Å². The molecule has 0 amide bonds. The Balaban J connectivity index is 1.97. The third-order valence-corrected chi connectivity index (χ3v) is 5.02. The van der Waals surface area contributed by atoms with Crippen LogP contribution in [0.1, 0.15) is 45.1 Å². The summed E-state index contributed by atoms with van der Waals surface area (Å²) < 4.78 is 0. The first-order chi connectivity index (χ1) is 9.64. The first-order valence-electron chi connectivity index (χ1n) is 8.13. The molecule has 2 rings (SSSR count). The highest BCUT2D eigenvalue weighted by atomic mass is 15.2. The Kier molecular flexibility index (Phi) is 5.62. The zero-order valence-corrected chi connectivity index (χ0v) is 13.1. The maximum atomic E-state index is 6.15. The van der Waals surface area contributed by atoms with E-state index >= 15 is 0 Å². The van der Waals surface area contributed by atoms with E-state index in [1.165, 1.54) is 37.9 Å². The molecule has 0 bridgehead atoms. The van der Waals surface area contributed by atoms with Gasteiger partial charge in [0.25, 0.3) is 0 Å². The second-order valence-corrected chi connectivity index (χ2v) is 6.71. The maximum Gasteiger partial charge on any atom is 0.0306 e. The number of nitrogens with two attached hydrogens (primary N) is 1. The molecule has 2 heteroatoms. The van der Waals surface area contributed by atoms with Crippen molar-refractivity contribution < 1.29 is 0 Å². The Bertz CT molecular complexity index is 390. The van der Waals surface area contributed by atoms with Crippen molar-refractivity contribution in [1.82, 2.24) is 4.90 Å². The van der Waals surface area contributed by atoms with Gasteiger partial charge in [-0.2, -0.15) is 0 Å². The number of aryl methyl sites for hydroxylation is 1. The van der Waals surface area contributed by atoms with Crippen LogP contribution in [0.3, 0.4) is 0 Å². The lowest BCUT2D eigenvalue weighted by Gasteiger charge is -2.40. The molecule has 0 aromatic heterocycles. The van der Waals surface area contributed by atoms with E-state index in [0.29, 0.717) is 0 Å². The van der Waals surface area contributed by atoms with E-state index in [0.717, 1.165) is 25.3 Å². The Morgan fingerprint density at radius 2 is 1.95 bits per heavy atom. The summed E-state index contributed by atoms with van der Waals surface area (Å²) in [6.45, 7) is 7.92. The van der Waals surface area contributed by atoms with Crippen molar-refractivity contribution >= 4 is 0 Å². The third-order valence-electron chi connectivity index (χ3n) is 5.02. The Hall–Kier alpha value is -0.860. The zero-order valence-electron chi connectivity index (χ0n) is 13.1. The summed E-state index contributed by atoms with van der Waals surface area (Å²) in [5, 5.41) is 0. The highest BCUT2D eigenvalue weighted by Gasteiger charge is 2.31. The molecule has 2 unspecified atom stereocenters. The predicted octanol–water partition coefficient (Wildman–Crippen LogP) is 3.46. The molecule has 0 spiro atoms. The highest BCUT2D eigenvalue weighted by Crippen LogP contribution is 2.26. The lowest BCUT2D eigenvalue weighted by molar-refractivity contribution is 0.105. The Morgan fingerprint density at radius 1 is 1.20 bits per heavy atom. The third kappa shape index (κ3) is 4.07. The first kappa shape index (κ1) is 15.5. The second-order valence-electron chi connectivity index (χ2n) is 6.71. The number of hydrogen-bond acceptors (Lipinski definition) is 2. The first-order valence-corrected chi connectivity index (χ1v) is 8.13. The molecule has 1 saturated heterocycles. The van der Waals surface area contributed by atoms with E-state index in [1.54, 1.807) is 0 Å². The van der Waals surface area contributed by atoms with Crippen molar-refractivity contribution in [1.29, 1.82) is 0 Å². The molecule has 0 saturated carbocycles. The van der Waals surface area contributed by atoms with Crippen LogP contribution in [0.15, 0.2) is 30.3 Å². The van der Waals surface area contributed by atoms with Crippen LogP contribution >= 0.6 is 0 Å². The van der Waals surface area contributed by atoms with Gasteiger partial charge in [0.05, 0.1) is 0 Å². The molecule has 2 N–H and O–H groups in total. The van der Waals surface area contributed by atoms with Gasteiger partial charge >= 0.3 is 0 Å². The molecular weight excluding hydrogens is 244 g/mol. The summed E-state index contributed by atoms with van der Waals surface area (Å²) in [4.78, 5) is 2.65. The average molecular weight is 274 g/mol. The van der Waals surface area contributed by atoms with Gasteiger partial charge in [-0.15, -0.1) is 0 Å². The van der Waals surface area contributed by atoms with Crippen LogP contribution in [0.4, 0.5) is 0 Å². The normalized spacial score (nSPS) is 24.1. The average Bonchev–Trinajstić information content (AvgIpc) is 2.71. The standard InChI is InChI=1S/C18H30N2/c1-16-7-6-13-20(14-11-16)18(2,15-19)12-10-17-8-4-3-5-9-17/h3-5,8-9,16H,6-7,10-15,19H2,1-2H3. The van der Waals surface area contributed by atoms with E-state index in [-0.39, 0.29) is 5.54 Å². The zero-order chi connectivity index (χ0) is 14.4. The van der Waals surface area contributed by atoms with Crippen LogP contribution in [0, 0.1) is 5.92 Å². The van der Waals surface area contributed by atoms with E-state index < -0.39 is 0 Å². The van der Waals surface area contributed by atoms with Crippen molar-refractivity contribution in [2.45, 2.75) is 51.5 Å². The molecule has 0 radical (unpaired) electrons. The molecule has 20 heavy (non-hydrogen) atoms. The number of rotatable bonds is 5. The summed E-state index contributed by atoms with van der Waals surface area (Å²) in [5.41, 5.74) is 7.72. The number of nitrogens with zero attached hydrogens (tertiary/aromatic N) is 1. The summed E-state index contributed by atoms with van der Waals surface area (Å²) in [7, 11) is 0. The van der Waals surface area contributed by atoms with E-state index in [2.05, 4.69) is 49.1 Å². The van der Waals surface area contributed by atoms with Gasteiger partial charge in [0, 0.05) is 12.1 Å². The summed E-state index contributed by atoms with van der Waals surface area (Å²) in [6, 6.07) is 10.8. The van der Waals surface area contributed by atoms with Gasteiger partial charge in [0.15, 0.2) is 0 Å². The number of hydrogen-bond donors (Lipinski definition) is 1. The lowest BCUT2D eigenvalue weighted by Crippen LogP contribution is -2.52. The topological polar surface area (TPSA) is 29.3 Å². The van der Waals surface area contributed by atoms with Crippen LogP contribution in [0.5, 0.6) is 0 Å². The van der Waals surface area contributed by atoms with Crippen molar-refractivity contribution in [3.63, 3.8) is 0 Å². The number of benzene rings is 1. The van der Waals surface area contributed by atoms with Crippen LogP contribution in [0.2, 0.25) is 0 Å². The van der Waals surface area contributed by atoms with Gasteiger partial charge in [0.2, 0.25) is 0 Å². The van der Waals surface area contributed by atoms with Crippen LogP contribution in [0.25, 0.3) is 0 Å². The van der Waals surface area contributed by atoms with Crippen molar-refractivity contribution in [2.24, 2.45) is 11.7 Å². The molecular formula is C18H30N2. The minimum absolute atomic E-state index is 0.153. The smallest absolute Gasteiger partial charge is 0.0306 e. The monoisotopic (exact) mass is 274 g/mol. The van der Waals surface area contributed by atoms with Gasteiger partial charge in [0.1, 0.15) is 0 Å². The summed E-state index contributed by atoms with van der Waals surface area (Å²) in [6.07, 6.45) is 6.29. The molecule has 1 heterocycles. The molecule has 0 aliphatic carbocycles. The second kappa shape index (κ2) is 7.24. The van der Waals surface area contributed by atoms with Gasteiger partial charge < -0.3 is 5.73 Å². The van der Waals surface area contributed by atoms with Crippen LogP contribution < -0.4 is 5.73 Å². The molecule has 2 atom stereocenters. The van der Waals surface area contributed by atoms with Gasteiger partial charge in [-0.1, -0.05) is 37.3 Å². The summed E-state index contributed by atoms with van der Waals surface area (Å²) >= 11 is 0. The van der Waals surface area contributed by atoms with E-state index in [1.807, 2.05) is 0 Å². The van der Waals surface area contributed by atoms with E-state index in [4.69, 9.17) is 5.73 Å². The van der Waals surface area contributed by atoms with Crippen LogP contribution in [-0.2, 0) is 6.42 Å². The minimum atomic E-state index is 0.153. The fourth-order valence-electron chi connectivity index (χ4n) is 3.25. The number of likely N-dealkylation sites (tertiary alicyclic amines) is 1. The molecule has 1 aliphatic heterocycles. The fraction of sp³-hybridized carbons (Fsp3) is 0.667. The molecule has 1 aromatic rings. The van der Waals surface area contributed by atoms with Crippen molar-refractivity contribution in [3.8, 4) is 0 Å². The quantitative estimate of drug-likeness (QED) is 0.891. The molecule has 1 fully saturated rings. The van der Waals surface area contributed by atoms with Gasteiger partial charge in [-0.25, -0.2) is 0 Å². The van der Waals surface area contributed by atoms with Crippen molar-refractivity contribution in [2.75, 3.05) is 19.6 Å². The Labute approximate surface area is 124 Å². The SMILES string of the molecule is CC1CCCN(C(C)(CN)CCc2ccccc2)CC1. The maximum absolute atomic E-state index is 6.15. The van der Waals surface area contributed by atoms with Gasteiger partial charge in [-0.05, 0) is 63.6 Å². The molecule has 112 valence electrons. The van der Waals surface area contributed by atoms with E-state index in [9.17, 15) is 0 Å². The largest absolute Gasteiger partial charge is 0.329 e. The van der Waals surface area contributed by atoms with Crippen molar-refractivity contribution in [3.05, 3.63) is 35.9 Å². The summed E-state index contributed by atoms with van der Waals surface area (Å²) in [5.74, 6) is 0.871. The molecule has 1 aromatic carbocycles. The minimum Gasteiger partial charge on any atom is -0.329 e. The highest BCUT2D eigenvalue weighted by molar-refractivity contribution is 5.15. The molecule has 2 nitrogen and oxygen atoms in total. The predicted molar refractivity (Wildman–Crippen MR) is 86.8 cm³/mol. The lowest BCUT2D eigenvalue weighted by atomic mass is 9.91. The molecule has 1 aliphatic rings. The Morgan fingerprint density at radius 3 is 2.65 bits per heavy atom. The van der Waals surface area contributed by atoms with Crippen LogP contribution in [-0.4, -0.2) is 30.1 Å². The fourth-order valence-corrected chi connectivity index (χ4v) is 3.25.